The summed E-state index contributed by atoms with van der Waals surface area (Å²) < 4.78 is 25.8. The van der Waals surface area contributed by atoms with Crippen LogP contribution in [0, 0.1) is 11.6 Å². The highest BCUT2D eigenvalue weighted by Gasteiger charge is 2.00. The van der Waals surface area contributed by atoms with Crippen LogP contribution in [0.25, 0.3) is 0 Å². The molecule has 1 heterocycles. The largest absolute Gasteiger partial charge is 0.312 e. The summed E-state index contributed by atoms with van der Waals surface area (Å²) in [6.45, 7) is 1.20. The van der Waals surface area contributed by atoms with Crippen LogP contribution >= 0.6 is 11.3 Å². The van der Waals surface area contributed by atoms with Crippen molar-refractivity contribution in [3.63, 3.8) is 0 Å². The van der Waals surface area contributed by atoms with E-state index < -0.39 is 11.6 Å². The highest BCUT2D eigenvalue weighted by molar-refractivity contribution is 7.07. The van der Waals surface area contributed by atoms with Gasteiger partial charge >= 0.3 is 0 Å². The van der Waals surface area contributed by atoms with Crippen molar-refractivity contribution < 1.29 is 8.78 Å². The predicted molar refractivity (Wildman–Crippen MR) is 63.9 cm³/mol. The molecule has 0 aliphatic heterocycles. The predicted octanol–water partition coefficient (Wildman–Crippen LogP) is 2.75. The topological polar surface area (TPSA) is 24.9 Å². The van der Waals surface area contributed by atoms with Gasteiger partial charge in [-0.25, -0.2) is 13.8 Å². The third kappa shape index (κ3) is 3.87. The average Bonchev–Trinajstić information content (AvgIpc) is 2.76. The smallest absolute Gasteiger partial charge is 0.126 e. The molecule has 90 valence electrons. The Morgan fingerprint density at radius 1 is 1.18 bits per heavy atom. The number of nitrogens with one attached hydrogen (secondary N) is 1. The molecule has 0 amide bonds. The van der Waals surface area contributed by atoms with Gasteiger partial charge in [0, 0.05) is 31.0 Å². The summed E-state index contributed by atoms with van der Waals surface area (Å²) in [5.41, 5.74) is 3.44. The number of nitrogens with zero attached hydrogens (tertiary/aromatic N) is 1. The Hall–Kier alpha value is -1.33. The molecule has 0 aliphatic carbocycles. The zero-order chi connectivity index (χ0) is 12.1. The second kappa shape index (κ2) is 5.84. The molecule has 1 aromatic heterocycles. The quantitative estimate of drug-likeness (QED) is 0.830. The van der Waals surface area contributed by atoms with Crippen LogP contribution in [0.15, 0.2) is 29.1 Å². The van der Waals surface area contributed by atoms with E-state index in [9.17, 15) is 8.78 Å². The zero-order valence-electron chi connectivity index (χ0n) is 9.12. The van der Waals surface area contributed by atoms with E-state index in [0.717, 1.165) is 24.7 Å². The van der Waals surface area contributed by atoms with Crippen LogP contribution in [-0.4, -0.2) is 11.5 Å². The fraction of sp³-hybridized carbons (Fsp3) is 0.250. The van der Waals surface area contributed by atoms with Crippen molar-refractivity contribution in [3.8, 4) is 0 Å². The molecular formula is C12H12F2N2S. The van der Waals surface area contributed by atoms with Crippen molar-refractivity contribution in [1.29, 1.82) is 0 Å². The van der Waals surface area contributed by atoms with Crippen molar-refractivity contribution in [2.24, 2.45) is 0 Å². The lowest BCUT2D eigenvalue weighted by atomic mass is 10.2. The molecule has 1 aromatic carbocycles. The van der Waals surface area contributed by atoms with Gasteiger partial charge in [-0.05, 0) is 17.7 Å². The normalized spacial score (nSPS) is 10.7. The van der Waals surface area contributed by atoms with E-state index in [1.54, 1.807) is 16.8 Å². The minimum absolute atomic E-state index is 0.457. The lowest BCUT2D eigenvalue weighted by Gasteiger charge is -2.04. The first-order valence-corrected chi connectivity index (χ1v) is 6.21. The Bertz CT molecular complexity index is 451. The first kappa shape index (κ1) is 12.1. The highest BCUT2D eigenvalue weighted by Crippen LogP contribution is 2.07. The molecule has 0 atom stereocenters. The summed E-state index contributed by atoms with van der Waals surface area (Å²) in [6.07, 6.45) is 0.821. The Balaban J connectivity index is 1.78. The summed E-state index contributed by atoms with van der Waals surface area (Å²) >= 11 is 1.56. The van der Waals surface area contributed by atoms with Gasteiger partial charge in [0.2, 0.25) is 0 Å². The van der Waals surface area contributed by atoms with E-state index in [-0.39, 0.29) is 0 Å². The second-order valence-electron chi connectivity index (χ2n) is 3.68. The lowest BCUT2D eigenvalue weighted by molar-refractivity contribution is 0.575. The molecule has 17 heavy (non-hydrogen) atoms. The van der Waals surface area contributed by atoms with Crippen molar-refractivity contribution in [2.45, 2.75) is 13.0 Å². The van der Waals surface area contributed by atoms with Gasteiger partial charge in [0.25, 0.3) is 0 Å². The van der Waals surface area contributed by atoms with Gasteiger partial charge in [-0.1, -0.05) is 0 Å². The van der Waals surface area contributed by atoms with Gasteiger partial charge < -0.3 is 5.32 Å². The van der Waals surface area contributed by atoms with Crippen LogP contribution < -0.4 is 5.32 Å². The van der Waals surface area contributed by atoms with E-state index in [1.165, 1.54) is 12.1 Å². The van der Waals surface area contributed by atoms with Crippen molar-refractivity contribution in [2.75, 3.05) is 6.54 Å². The molecule has 0 bridgehead atoms. The maximum Gasteiger partial charge on any atom is 0.126 e. The maximum absolute atomic E-state index is 12.9. The van der Waals surface area contributed by atoms with Gasteiger partial charge in [0.1, 0.15) is 11.6 Å². The van der Waals surface area contributed by atoms with Crippen molar-refractivity contribution in [1.82, 2.24) is 10.3 Å². The molecule has 2 aromatic rings. The third-order valence-corrected chi connectivity index (χ3v) is 2.93. The molecule has 0 unspecified atom stereocenters. The highest BCUT2D eigenvalue weighted by atomic mass is 32.1. The minimum Gasteiger partial charge on any atom is -0.312 e. The van der Waals surface area contributed by atoms with Gasteiger partial charge in [-0.15, -0.1) is 11.3 Å². The molecular weight excluding hydrogens is 242 g/mol. The van der Waals surface area contributed by atoms with Crippen LogP contribution in [0.5, 0.6) is 0 Å². The van der Waals surface area contributed by atoms with Crippen LogP contribution in [0.3, 0.4) is 0 Å². The first-order chi connectivity index (χ1) is 8.24. The average molecular weight is 254 g/mol. The molecule has 0 saturated heterocycles. The first-order valence-electron chi connectivity index (χ1n) is 5.27. The fourth-order valence-electron chi connectivity index (χ4n) is 1.52. The fourth-order valence-corrected chi connectivity index (χ4v) is 2.12. The SMILES string of the molecule is Fc1cc(F)cc(CNCCc2cscn2)c1. The summed E-state index contributed by atoms with van der Waals surface area (Å²) in [6, 6.07) is 3.54. The molecule has 2 nitrogen and oxygen atoms in total. The molecule has 2 rings (SSSR count). The van der Waals surface area contributed by atoms with E-state index in [0.29, 0.717) is 12.1 Å². The Kier molecular flexibility index (Phi) is 4.17. The zero-order valence-corrected chi connectivity index (χ0v) is 9.94. The van der Waals surface area contributed by atoms with Crippen LogP contribution in [0.4, 0.5) is 8.78 Å². The van der Waals surface area contributed by atoms with Crippen LogP contribution in [0.2, 0.25) is 0 Å². The van der Waals surface area contributed by atoms with E-state index in [4.69, 9.17) is 0 Å². The van der Waals surface area contributed by atoms with Gasteiger partial charge in [0.15, 0.2) is 0 Å². The van der Waals surface area contributed by atoms with Crippen LogP contribution in [-0.2, 0) is 13.0 Å². The van der Waals surface area contributed by atoms with Gasteiger partial charge in [-0.3, -0.25) is 0 Å². The molecule has 5 heteroatoms. The Labute approximate surface area is 102 Å². The number of hydrogen-bond donors (Lipinski definition) is 1. The molecule has 0 radical (unpaired) electrons. The maximum atomic E-state index is 12.9. The minimum atomic E-state index is -0.540. The number of hydrogen-bond acceptors (Lipinski definition) is 3. The van der Waals surface area contributed by atoms with E-state index in [1.807, 2.05) is 5.38 Å². The van der Waals surface area contributed by atoms with E-state index in [2.05, 4.69) is 10.3 Å². The van der Waals surface area contributed by atoms with Crippen molar-refractivity contribution >= 4 is 11.3 Å². The molecule has 0 spiro atoms. The summed E-state index contributed by atoms with van der Waals surface area (Å²) in [7, 11) is 0. The number of benzene rings is 1. The summed E-state index contributed by atoms with van der Waals surface area (Å²) in [5.74, 6) is -1.08. The number of halogens is 2. The number of aromatic nitrogens is 1. The Morgan fingerprint density at radius 2 is 1.94 bits per heavy atom. The standard InChI is InChI=1S/C12H12F2N2S/c13-10-3-9(4-11(14)5-10)6-15-2-1-12-7-17-8-16-12/h3-5,7-8,15H,1-2,6H2. The molecule has 1 N–H and O–H groups in total. The molecule has 0 fully saturated rings. The summed E-state index contributed by atoms with van der Waals surface area (Å²) in [5, 5.41) is 5.12. The van der Waals surface area contributed by atoms with Crippen molar-refractivity contribution in [3.05, 3.63) is 52.0 Å². The molecule has 0 saturated carbocycles. The van der Waals surface area contributed by atoms with Crippen LogP contribution in [0.1, 0.15) is 11.3 Å². The number of rotatable bonds is 5. The molecule has 0 aliphatic rings. The third-order valence-electron chi connectivity index (χ3n) is 2.29. The number of thiazole rings is 1. The van der Waals surface area contributed by atoms with Gasteiger partial charge in [0.05, 0.1) is 11.2 Å². The lowest BCUT2D eigenvalue weighted by Crippen LogP contribution is -2.17. The second-order valence-corrected chi connectivity index (χ2v) is 4.40. The Morgan fingerprint density at radius 3 is 2.59 bits per heavy atom. The van der Waals surface area contributed by atoms with E-state index >= 15 is 0 Å². The van der Waals surface area contributed by atoms with Gasteiger partial charge in [-0.2, -0.15) is 0 Å². The summed E-state index contributed by atoms with van der Waals surface area (Å²) in [4.78, 5) is 4.15. The monoisotopic (exact) mass is 254 g/mol.